The fraction of sp³-hybridized carbons (Fsp3) is 0.118. The van der Waals surface area contributed by atoms with E-state index in [-0.39, 0.29) is 6.61 Å². The molecule has 2 aromatic carbocycles. The van der Waals surface area contributed by atoms with E-state index in [9.17, 15) is 5.11 Å². The molecule has 0 aliphatic rings. The molecule has 0 spiro atoms. The maximum absolute atomic E-state index is 9.44. The van der Waals surface area contributed by atoms with Crippen molar-refractivity contribution in [3.8, 4) is 16.9 Å². The summed E-state index contributed by atoms with van der Waals surface area (Å²) in [7, 11) is 1.61. The zero-order valence-electron chi connectivity index (χ0n) is 11.2. The van der Waals surface area contributed by atoms with Gasteiger partial charge in [-0.3, -0.25) is 4.98 Å². The van der Waals surface area contributed by atoms with Crippen LogP contribution in [0.25, 0.3) is 21.9 Å². The minimum Gasteiger partial charge on any atom is -0.496 e. The Morgan fingerprint density at radius 1 is 1.15 bits per heavy atom. The number of fused-ring (bicyclic) bond motifs is 1. The van der Waals surface area contributed by atoms with Gasteiger partial charge in [0.15, 0.2) is 0 Å². The summed E-state index contributed by atoms with van der Waals surface area (Å²) in [6.07, 6.45) is 3.65. The van der Waals surface area contributed by atoms with Crippen LogP contribution in [0.5, 0.6) is 5.75 Å². The van der Waals surface area contributed by atoms with Crippen LogP contribution in [0, 0.1) is 0 Å². The molecule has 1 aromatic heterocycles. The predicted octanol–water partition coefficient (Wildman–Crippen LogP) is 3.40. The standard InChI is InChI=1S/C17H15NO2/c1-20-17-6-5-12(9-14(17)11-19)15-4-2-3-13-10-18-8-7-16(13)15/h2-10,19H,11H2,1H3. The van der Waals surface area contributed by atoms with E-state index >= 15 is 0 Å². The van der Waals surface area contributed by atoms with Crippen molar-refractivity contribution >= 4 is 10.8 Å². The Balaban J connectivity index is 2.21. The highest BCUT2D eigenvalue weighted by Crippen LogP contribution is 2.31. The number of ether oxygens (including phenoxy) is 1. The molecule has 0 radical (unpaired) electrons. The zero-order chi connectivity index (χ0) is 13.9. The van der Waals surface area contributed by atoms with Crippen LogP contribution in [0.2, 0.25) is 0 Å². The summed E-state index contributed by atoms with van der Waals surface area (Å²) < 4.78 is 5.24. The van der Waals surface area contributed by atoms with Gasteiger partial charge < -0.3 is 9.84 Å². The van der Waals surface area contributed by atoms with Crippen molar-refractivity contribution in [3.63, 3.8) is 0 Å². The molecular formula is C17H15NO2. The summed E-state index contributed by atoms with van der Waals surface area (Å²) in [5.74, 6) is 0.707. The van der Waals surface area contributed by atoms with E-state index in [1.807, 2.05) is 42.6 Å². The lowest BCUT2D eigenvalue weighted by atomic mass is 9.98. The highest BCUT2D eigenvalue weighted by molar-refractivity contribution is 5.96. The van der Waals surface area contributed by atoms with Gasteiger partial charge >= 0.3 is 0 Å². The van der Waals surface area contributed by atoms with Crippen LogP contribution in [0.4, 0.5) is 0 Å². The monoisotopic (exact) mass is 265 g/mol. The Hall–Kier alpha value is -2.39. The molecule has 3 nitrogen and oxygen atoms in total. The van der Waals surface area contributed by atoms with E-state index < -0.39 is 0 Å². The lowest BCUT2D eigenvalue weighted by Gasteiger charge is -2.11. The number of aromatic nitrogens is 1. The third-order valence-electron chi connectivity index (χ3n) is 3.44. The molecule has 0 saturated heterocycles. The van der Waals surface area contributed by atoms with E-state index in [0.29, 0.717) is 5.75 Å². The first-order chi connectivity index (χ1) is 9.83. The molecule has 0 amide bonds. The maximum Gasteiger partial charge on any atom is 0.124 e. The average molecular weight is 265 g/mol. The summed E-state index contributed by atoms with van der Waals surface area (Å²) in [6, 6.07) is 14.0. The van der Waals surface area contributed by atoms with Gasteiger partial charge in [0.1, 0.15) is 5.75 Å². The van der Waals surface area contributed by atoms with Gasteiger partial charge in [-0.2, -0.15) is 0 Å². The third-order valence-corrected chi connectivity index (χ3v) is 3.44. The van der Waals surface area contributed by atoms with Gasteiger partial charge in [0.2, 0.25) is 0 Å². The lowest BCUT2D eigenvalue weighted by Crippen LogP contribution is -1.92. The van der Waals surface area contributed by atoms with Crippen molar-refractivity contribution in [2.45, 2.75) is 6.61 Å². The molecule has 0 aliphatic carbocycles. The first-order valence-corrected chi connectivity index (χ1v) is 6.44. The van der Waals surface area contributed by atoms with Crippen LogP contribution in [0.1, 0.15) is 5.56 Å². The number of hydrogen-bond acceptors (Lipinski definition) is 3. The van der Waals surface area contributed by atoms with E-state index in [1.165, 1.54) is 0 Å². The number of benzene rings is 2. The number of aliphatic hydroxyl groups is 1. The van der Waals surface area contributed by atoms with Gasteiger partial charge in [0.05, 0.1) is 13.7 Å². The second-order valence-electron chi connectivity index (χ2n) is 4.59. The Morgan fingerprint density at radius 3 is 2.85 bits per heavy atom. The first-order valence-electron chi connectivity index (χ1n) is 6.44. The van der Waals surface area contributed by atoms with Crippen molar-refractivity contribution in [3.05, 3.63) is 60.4 Å². The fourth-order valence-corrected chi connectivity index (χ4v) is 2.44. The smallest absolute Gasteiger partial charge is 0.124 e. The maximum atomic E-state index is 9.44. The Labute approximate surface area is 117 Å². The molecule has 1 N–H and O–H groups in total. The van der Waals surface area contributed by atoms with Crippen molar-refractivity contribution in [1.29, 1.82) is 0 Å². The molecule has 0 unspecified atom stereocenters. The van der Waals surface area contributed by atoms with Crippen LogP contribution in [-0.2, 0) is 6.61 Å². The summed E-state index contributed by atoms with van der Waals surface area (Å²) in [4.78, 5) is 4.15. The van der Waals surface area contributed by atoms with Crippen LogP contribution < -0.4 is 4.74 Å². The normalized spacial score (nSPS) is 10.7. The summed E-state index contributed by atoms with van der Waals surface area (Å²) >= 11 is 0. The molecule has 20 heavy (non-hydrogen) atoms. The second kappa shape index (κ2) is 5.31. The van der Waals surface area contributed by atoms with Crippen molar-refractivity contribution in [2.75, 3.05) is 7.11 Å². The van der Waals surface area contributed by atoms with Crippen molar-refractivity contribution < 1.29 is 9.84 Å². The number of pyridine rings is 1. The van der Waals surface area contributed by atoms with E-state index in [2.05, 4.69) is 11.1 Å². The second-order valence-corrected chi connectivity index (χ2v) is 4.59. The number of nitrogens with zero attached hydrogens (tertiary/aromatic N) is 1. The molecular weight excluding hydrogens is 250 g/mol. The number of aliphatic hydroxyl groups excluding tert-OH is 1. The molecule has 3 rings (SSSR count). The van der Waals surface area contributed by atoms with E-state index in [0.717, 1.165) is 27.5 Å². The van der Waals surface area contributed by atoms with Crippen LogP contribution in [-0.4, -0.2) is 17.2 Å². The summed E-state index contributed by atoms with van der Waals surface area (Å²) in [5, 5.41) is 11.7. The van der Waals surface area contributed by atoms with Gasteiger partial charge in [0.25, 0.3) is 0 Å². The largest absolute Gasteiger partial charge is 0.496 e. The average Bonchev–Trinajstić information content (AvgIpc) is 2.53. The van der Waals surface area contributed by atoms with Gasteiger partial charge in [-0.1, -0.05) is 24.3 Å². The molecule has 3 heteroatoms. The van der Waals surface area contributed by atoms with Crippen LogP contribution in [0.3, 0.4) is 0 Å². The lowest BCUT2D eigenvalue weighted by molar-refractivity contribution is 0.274. The van der Waals surface area contributed by atoms with Gasteiger partial charge in [-0.15, -0.1) is 0 Å². The van der Waals surface area contributed by atoms with Gasteiger partial charge in [-0.25, -0.2) is 0 Å². The highest BCUT2D eigenvalue weighted by Gasteiger charge is 2.07. The molecule has 100 valence electrons. The zero-order valence-corrected chi connectivity index (χ0v) is 11.2. The number of hydrogen-bond donors (Lipinski definition) is 1. The molecule has 3 aromatic rings. The minimum absolute atomic E-state index is 0.0384. The van der Waals surface area contributed by atoms with Crippen LogP contribution in [0.15, 0.2) is 54.9 Å². The molecule has 1 heterocycles. The van der Waals surface area contributed by atoms with Gasteiger partial charge in [-0.05, 0) is 34.7 Å². The molecule has 0 bridgehead atoms. The third kappa shape index (κ3) is 2.12. The predicted molar refractivity (Wildman–Crippen MR) is 79.7 cm³/mol. The molecule has 0 aliphatic heterocycles. The van der Waals surface area contributed by atoms with Gasteiger partial charge in [0, 0.05) is 23.3 Å². The Morgan fingerprint density at radius 2 is 2.05 bits per heavy atom. The number of rotatable bonds is 3. The molecule has 0 saturated carbocycles. The number of methoxy groups -OCH3 is 1. The Bertz CT molecular complexity index is 748. The van der Waals surface area contributed by atoms with E-state index in [1.54, 1.807) is 13.3 Å². The van der Waals surface area contributed by atoms with Crippen molar-refractivity contribution in [1.82, 2.24) is 4.98 Å². The summed E-state index contributed by atoms with van der Waals surface area (Å²) in [5.41, 5.74) is 2.98. The quantitative estimate of drug-likeness (QED) is 0.789. The minimum atomic E-state index is -0.0384. The van der Waals surface area contributed by atoms with E-state index in [4.69, 9.17) is 4.74 Å². The van der Waals surface area contributed by atoms with Crippen LogP contribution >= 0.6 is 0 Å². The molecule has 0 fully saturated rings. The Kier molecular flexibility index (Phi) is 3.35. The first kappa shape index (κ1) is 12.6. The summed E-state index contributed by atoms with van der Waals surface area (Å²) in [6.45, 7) is -0.0384. The molecule has 0 atom stereocenters. The highest BCUT2D eigenvalue weighted by atomic mass is 16.5. The topological polar surface area (TPSA) is 42.4 Å². The van der Waals surface area contributed by atoms with Crippen molar-refractivity contribution in [2.24, 2.45) is 0 Å². The fourth-order valence-electron chi connectivity index (χ4n) is 2.44. The SMILES string of the molecule is COc1ccc(-c2cccc3cnccc23)cc1CO.